The van der Waals surface area contributed by atoms with Gasteiger partial charge >= 0.3 is 0 Å². The van der Waals surface area contributed by atoms with E-state index in [0.29, 0.717) is 17.9 Å². The lowest BCUT2D eigenvalue weighted by Gasteiger charge is -2.34. The van der Waals surface area contributed by atoms with Gasteiger partial charge in [0.2, 0.25) is 11.8 Å². The summed E-state index contributed by atoms with van der Waals surface area (Å²) in [6.07, 6.45) is 5.51. The first-order valence-corrected chi connectivity index (χ1v) is 17.0. The van der Waals surface area contributed by atoms with Crippen LogP contribution in [0.15, 0.2) is 83.8 Å². The van der Waals surface area contributed by atoms with Crippen LogP contribution in [0, 0.1) is 0 Å². The lowest BCUT2D eigenvalue weighted by Crippen LogP contribution is -2.54. The van der Waals surface area contributed by atoms with Crippen LogP contribution in [-0.4, -0.2) is 50.9 Å². The first kappa shape index (κ1) is 33.1. The zero-order valence-electron chi connectivity index (χ0n) is 26.2. The third-order valence-corrected chi connectivity index (χ3v) is 10.1. The van der Waals surface area contributed by atoms with Crippen molar-refractivity contribution in [2.75, 3.05) is 18.0 Å². The van der Waals surface area contributed by atoms with Crippen molar-refractivity contribution >= 4 is 27.5 Å². The number of nitrogens with zero attached hydrogens (tertiary/aromatic N) is 2. The summed E-state index contributed by atoms with van der Waals surface area (Å²) in [6.45, 7) is 5.67. The SMILES string of the molecule is CC[C@@H](C(=O)NC1CCCCC1)N(Cc1cccc(OC)c1)C(=O)CN(c1ccc(C(C)C)cc1)S(=O)(=O)c1ccccc1. The first-order chi connectivity index (χ1) is 21.1. The number of amides is 2. The summed E-state index contributed by atoms with van der Waals surface area (Å²) in [5.74, 6) is 0.213. The largest absolute Gasteiger partial charge is 0.497 e. The third kappa shape index (κ3) is 8.20. The molecule has 1 aliphatic rings. The zero-order valence-corrected chi connectivity index (χ0v) is 27.1. The summed E-state index contributed by atoms with van der Waals surface area (Å²) in [5.41, 5.74) is 2.22. The Morgan fingerprint density at radius 3 is 2.23 bits per heavy atom. The number of methoxy groups -OCH3 is 1. The molecule has 0 radical (unpaired) electrons. The average Bonchev–Trinajstić information content (AvgIpc) is 3.04. The Labute approximate surface area is 262 Å². The van der Waals surface area contributed by atoms with Gasteiger partial charge in [-0.15, -0.1) is 0 Å². The second-order valence-electron chi connectivity index (χ2n) is 11.7. The zero-order chi connectivity index (χ0) is 31.7. The Balaban J connectivity index is 1.71. The number of rotatable bonds is 13. The molecule has 3 aromatic rings. The van der Waals surface area contributed by atoms with Crippen molar-refractivity contribution in [2.45, 2.75) is 88.7 Å². The molecule has 3 aromatic carbocycles. The molecule has 1 aliphatic carbocycles. The van der Waals surface area contributed by atoms with Crippen LogP contribution in [0.5, 0.6) is 5.75 Å². The fourth-order valence-corrected chi connectivity index (χ4v) is 7.14. The van der Waals surface area contributed by atoms with E-state index in [1.165, 1.54) is 17.0 Å². The molecule has 9 heteroatoms. The number of sulfonamides is 1. The maximum Gasteiger partial charge on any atom is 0.264 e. The number of hydrogen-bond donors (Lipinski definition) is 1. The van der Waals surface area contributed by atoms with Crippen LogP contribution in [0.25, 0.3) is 0 Å². The minimum absolute atomic E-state index is 0.0773. The molecule has 0 spiro atoms. The minimum atomic E-state index is -4.11. The van der Waals surface area contributed by atoms with Crippen molar-refractivity contribution in [2.24, 2.45) is 0 Å². The first-order valence-electron chi connectivity index (χ1n) is 15.5. The Kier molecular flexibility index (Phi) is 11.4. The predicted molar refractivity (Wildman–Crippen MR) is 174 cm³/mol. The molecule has 0 aromatic heterocycles. The van der Waals surface area contributed by atoms with Crippen molar-refractivity contribution in [1.82, 2.24) is 10.2 Å². The maximum absolute atomic E-state index is 14.3. The summed E-state index contributed by atoms with van der Waals surface area (Å²) in [6, 6.07) is 22.0. The highest BCUT2D eigenvalue weighted by Gasteiger charge is 2.34. The molecule has 1 saturated carbocycles. The molecule has 0 heterocycles. The molecule has 1 N–H and O–H groups in total. The summed E-state index contributed by atoms with van der Waals surface area (Å²) in [4.78, 5) is 29.7. The highest BCUT2D eigenvalue weighted by atomic mass is 32.2. The number of nitrogens with one attached hydrogen (secondary N) is 1. The molecule has 44 heavy (non-hydrogen) atoms. The second-order valence-corrected chi connectivity index (χ2v) is 13.6. The molecule has 2 amide bonds. The van der Waals surface area contributed by atoms with E-state index in [1.807, 2.05) is 43.3 Å². The number of anilines is 1. The monoisotopic (exact) mass is 619 g/mol. The van der Waals surface area contributed by atoms with E-state index in [-0.39, 0.29) is 29.3 Å². The van der Waals surface area contributed by atoms with E-state index < -0.39 is 28.5 Å². The normalized spacial score (nSPS) is 14.6. The van der Waals surface area contributed by atoms with Crippen LogP contribution in [0.2, 0.25) is 0 Å². The number of benzene rings is 3. The minimum Gasteiger partial charge on any atom is -0.497 e. The van der Waals surface area contributed by atoms with Gasteiger partial charge in [-0.25, -0.2) is 8.42 Å². The topological polar surface area (TPSA) is 96.0 Å². The molecule has 0 unspecified atom stereocenters. The molecule has 1 atom stereocenters. The highest BCUT2D eigenvalue weighted by molar-refractivity contribution is 7.92. The molecule has 0 bridgehead atoms. The maximum atomic E-state index is 14.3. The molecular weight excluding hydrogens is 574 g/mol. The molecule has 8 nitrogen and oxygen atoms in total. The predicted octanol–water partition coefficient (Wildman–Crippen LogP) is 6.27. The Morgan fingerprint density at radius 1 is 0.932 bits per heavy atom. The van der Waals surface area contributed by atoms with Crippen LogP contribution in [-0.2, 0) is 26.2 Å². The molecular formula is C35H45N3O5S. The highest BCUT2D eigenvalue weighted by Crippen LogP contribution is 2.27. The molecule has 236 valence electrons. The summed E-state index contributed by atoms with van der Waals surface area (Å²) >= 11 is 0. The van der Waals surface area contributed by atoms with Crippen LogP contribution in [0.3, 0.4) is 0 Å². The van der Waals surface area contributed by atoms with Gasteiger partial charge in [0.1, 0.15) is 18.3 Å². The quantitative estimate of drug-likeness (QED) is 0.243. The fraction of sp³-hybridized carbons (Fsp3) is 0.429. The Bertz CT molecular complexity index is 1490. The lowest BCUT2D eigenvalue weighted by atomic mass is 9.95. The van der Waals surface area contributed by atoms with Gasteiger partial charge in [0.15, 0.2) is 0 Å². The van der Waals surface area contributed by atoms with E-state index in [2.05, 4.69) is 19.2 Å². The average molecular weight is 620 g/mol. The molecule has 1 fully saturated rings. The Hall–Kier alpha value is -3.85. The van der Waals surface area contributed by atoms with E-state index in [9.17, 15) is 18.0 Å². The van der Waals surface area contributed by atoms with Crippen molar-refractivity contribution in [3.8, 4) is 5.75 Å². The number of ether oxygens (including phenoxy) is 1. The van der Waals surface area contributed by atoms with Crippen LogP contribution >= 0.6 is 0 Å². The fourth-order valence-electron chi connectivity index (χ4n) is 5.71. The van der Waals surface area contributed by atoms with Crippen molar-refractivity contribution in [3.63, 3.8) is 0 Å². The summed E-state index contributed by atoms with van der Waals surface area (Å²) in [5, 5.41) is 3.18. The number of hydrogen-bond acceptors (Lipinski definition) is 5. The van der Waals surface area contributed by atoms with Crippen molar-refractivity contribution in [1.29, 1.82) is 0 Å². The van der Waals surface area contributed by atoms with Gasteiger partial charge in [-0.2, -0.15) is 0 Å². The van der Waals surface area contributed by atoms with Gasteiger partial charge in [0.25, 0.3) is 10.0 Å². The van der Waals surface area contributed by atoms with Gasteiger partial charge in [0, 0.05) is 12.6 Å². The number of carbonyl (C=O) groups is 2. The van der Waals surface area contributed by atoms with Gasteiger partial charge < -0.3 is 15.0 Å². The smallest absolute Gasteiger partial charge is 0.264 e. The van der Waals surface area contributed by atoms with Crippen LogP contribution in [0.4, 0.5) is 5.69 Å². The summed E-state index contributed by atoms with van der Waals surface area (Å²) in [7, 11) is -2.53. The van der Waals surface area contributed by atoms with Gasteiger partial charge in [-0.3, -0.25) is 13.9 Å². The van der Waals surface area contributed by atoms with Crippen molar-refractivity contribution in [3.05, 3.63) is 90.0 Å². The van der Waals surface area contributed by atoms with Crippen molar-refractivity contribution < 1.29 is 22.7 Å². The second kappa shape index (κ2) is 15.2. The van der Waals surface area contributed by atoms with E-state index in [4.69, 9.17) is 4.74 Å². The standard InChI is InChI=1S/C35H45N3O5S/c1-5-33(35(40)36-29-14-8-6-9-15-29)37(24-27-13-12-16-31(23-27)43-4)34(39)25-38(30-21-19-28(20-22-30)26(2)3)44(41,42)32-17-10-7-11-18-32/h7,10-13,16-23,26,29,33H,5-6,8-9,14-15,24-25H2,1-4H3,(H,36,40)/t33-/m0/s1. The Morgan fingerprint density at radius 2 is 1.61 bits per heavy atom. The van der Waals surface area contributed by atoms with E-state index >= 15 is 0 Å². The van der Waals surface area contributed by atoms with Gasteiger partial charge in [-0.05, 0) is 72.7 Å². The molecule has 4 rings (SSSR count). The van der Waals surface area contributed by atoms with E-state index in [1.54, 1.807) is 37.4 Å². The van der Waals surface area contributed by atoms with Crippen LogP contribution in [0.1, 0.15) is 76.3 Å². The third-order valence-electron chi connectivity index (χ3n) is 8.28. The van der Waals surface area contributed by atoms with Gasteiger partial charge in [0.05, 0.1) is 17.7 Å². The molecule has 0 aliphatic heterocycles. The van der Waals surface area contributed by atoms with Gasteiger partial charge in [-0.1, -0.05) is 82.5 Å². The van der Waals surface area contributed by atoms with Crippen LogP contribution < -0.4 is 14.4 Å². The number of carbonyl (C=O) groups excluding carboxylic acids is 2. The summed E-state index contributed by atoms with van der Waals surface area (Å²) < 4.78 is 34.6. The molecule has 0 saturated heterocycles. The lowest BCUT2D eigenvalue weighted by molar-refractivity contribution is -0.140. The van der Waals surface area contributed by atoms with E-state index in [0.717, 1.165) is 47.5 Å².